The molecule has 1 saturated heterocycles. The van der Waals surface area contributed by atoms with Crippen molar-refractivity contribution in [2.45, 2.75) is 25.5 Å². The van der Waals surface area contributed by atoms with Gasteiger partial charge in [0.05, 0.1) is 17.9 Å². The molecule has 1 unspecified atom stereocenters. The first-order valence-electron chi connectivity index (χ1n) is 9.84. The van der Waals surface area contributed by atoms with E-state index in [0.717, 1.165) is 5.75 Å². The van der Waals surface area contributed by atoms with E-state index >= 15 is 0 Å². The maximum atomic E-state index is 12.8. The van der Waals surface area contributed by atoms with Gasteiger partial charge in [0, 0.05) is 18.7 Å². The average Bonchev–Trinajstić information content (AvgIpc) is 2.75. The summed E-state index contributed by atoms with van der Waals surface area (Å²) < 4.78 is 5.43. The van der Waals surface area contributed by atoms with Gasteiger partial charge in [-0.25, -0.2) is 9.79 Å². The SMILES string of the molecule is CCOc1ccc(N=C2SC(C(=O)Nc3ccc(C(=O)O)cc3)CC(=O)N2CC)cc1. The minimum Gasteiger partial charge on any atom is -0.494 e. The molecule has 3 rings (SSSR count). The maximum absolute atomic E-state index is 12.8. The van der Waals surface area contributed by atoms with E-state index in [-0.39, 0.29) is 23.8 Å². The standard InChI is InChI=1S/C22H23N3O5S/c1-3-25-19(26)13-18(20(27)23-15-7-5-14(6-8-15)21(28)29)31-22(25)24-16-9-11-17(12-10-16)30-4-2/h5-12,18H,3-4,13H2,1-2H3,(H,23,27)(H,28,29). The summed E-state index contributed by atoms with van der Waals surface area (Å²) in [4.78, 5) is 42.5. The highest BCUT2D eigenvalue weighted by Crippen LogP contribution is 2.30. The summed E-state index contributed by atoms with van der Waals surface area (Å²) in [6.07, 6.45) is 0.0554. The van der Waals surface area contributed by atoms with Crippen LogP contribution in [0.15, 0.2) is 53.5 Å². The molecule has 0 spiro atoms. The highest BCUT2D eigenvalue weighted by atomic mass is 32.2. The third-order valence-corrected chi connectivity index (χ3v) is 5.71. The molecule has 1 atom stereocenters. The Bertz CT molecular complexity index is 989. The highest BCUT2D eigenvalue weighted by Gasteiger charge is 2.35. The quantitative estimate of drug-likeness (QED) is 0.677. The van der Waals surface area contributed by atoms with Gasteiger partial charge in [0.15, 0.2) is 5.17 Å². The number of carbonyl (C=O) groups is 3. The summed E-state index contributed by atoms with van der Waals surface area (Å²) in [6, 6.07) is 13.1. The molecule has 0 radical (unpaired) electrons. The van der Waals surface area contributed by atoms with Crippen molar-refractivity contribution in [2.75, 3.05) is 18.5 Å². The summed E-state index contributed by atoms with van der Waals surface area (Å²) >= 11 is 1.23. The number of ether oxygens (including phenoxy) is 1. The van der Waals surface area contributed by atoms with Crippen molar-refractivity contribution in [3.8, 4) is 5.75 Å². The predicted molar refractivity (Wildman–Crippen MR) is 120 cm³/mol. The summed E-state index contributed by atoms with van der Waals surface area (Å²) in [5.74, 6) is -0.817. The zero-order valence-electron chi connectivity index (χ0n) is 17.2. The molecule has 0 aromatic heterocycles. The maximum Gasteiger partial charge on any atom is 0.335 e. The van der Waals surface area contributed by atoms with E-state index in [9.17, 15) is 14.4 Å². The van der Waals surface area contributed by atoms with Crippen molar-refractivity contribution in [1.29, 1.82) is 0 Å². The summed E-state index contributed by atoms with van der Waals surface area (Å²) in [7, 11) is 0. The average molecular weight is 442 g/mol. The predicted octanol–water partition coefficient (Wildman–Crippen LogP) is 3.76. The van der Waals surface area contributed by atoms with Crippen LogP contribution in [-0.4, -0.2) is 51.4 Å². The van der Waals surface area contributed by atoms with Gasteiger partial charge in [0.25, 0.3) is 0 Å². The second-order valence-electron chi connectivity index (χ2n) is 6.64. The van der Waals surface area contributed by atoms with E-state index in [2.05, 4.69) is 10.3 Å². The minimum absolute atomic E-state index is 0.0554. The van der Waals surface area contributed by atoms with Crippen LogP contribution in [0, 0.1) is 0 Å². The van der Waals surface area contributed by atoms with Gasteiger partial charge in [0.2, 0.25) is 11.8 Å². The zero-order chi connectivity index (χ0) is 22.4. The fourth-order valence-electron chi connectivity index (χ4n) is 2.97. The van der Waals surface area contributed by atoms with Gasteiger partial charge in [-0.05, 0) is 62.4 Å². The van der Waals surface area contributed by atoms with E-state index in [1.54, 1.807) is 29.2 Å². The van der Waals surface area contributed by atoms with Crippen molar-refractivity contribution >= 4 is 46.1 Å². The number of hydrogen-bond acceptors (Lipinski definition) is 6. The summed E-state index contributed by atoms with van der Waals surface area (Å²) in [5, 5.41) is 11.5. The number of thioether (sulfide) groups is 1. The largest absolute Gasteiger partial charge is 0.494 e. The van der Waals surface area contributed by atoms with Crippen molar-refractivity contribution in [3.63, 3.8) is 0 Å². The smallest absolute Gasteiger partial charge is 0.335 e. The van der Waals surface area contributed by atoms with Crippen LogP contribution in [-0.2, 0) is 9.59 Å². The van der Waals surface area contributed by atoms with E-state index in [0.29, 0.717) is 29.7 Å². The molecule has 1 aliphatic rings. The lowest BCUT2D eigenvalue weighted by Gasteiger charge is -2.30. The molecule has 0 bridgehead atoms. The number of nitrogens with one attached hydrogen (secondary N) is 1. The number of benzene rings is 2. The Labute approximate surface area is 184 Å². The molecule has 0 aliphatic carbocycles. The minimum atomic E-state index is -1.04. The first-order chi connectivity index (χ1) is 14.9. The molecule has 1 fully saturated rings. The number of carboxylic acid groups (broad SMARTS) is 1. The number of anilines is 1. The van der Waals surface area contributed by atoms with Crippen molar-refractivity contribution in [2.24, 2.45) is 4.99 Å². The van der Waals surface area contributed by atoms with Crippen LogP contribution in [0.2, 0.25) is 0 Å². The zero-order valence-corrected chi connectivity index (χ0v) is 18.0. The molecule has 9 heteroatoms. The van der Waals surface area contributed by atoms with Gasteiger partial charge in [-0.15, -0.1) is 0 Å². The molecule has 2 aromatic carbocycles. The van der Waals surface area contributed by atoms with Gasteiger partial charge < -0.3 is 15.2 Å². The number of aliphatic imine (C=N–C) groups is 1. The lowest BCUT2D eigenvalue weighted by atomic mass is 10.2. The number of hydrogen-bond donors (Lipinski definition) is 2. The molecule has 2 N–H and O–H groups in total. The molecule has 1 aliphatic heterocycles. The van der Waals surface area contributed by atoms with Gasteiger partial charge in [-0.3, -0.25) is 14.5 Å². The Kier molecular flexibility index (Phi) is 7.30. The molecule has 2 amide bonds. The highest BCUT2D eigenvalue weighted by molar-refractivity contribution is 8.15. The molecule has 8 nitrogen and oxygen atoms in total. The topological polar surface area (TPSA) is 108 Å². The first-order valence-corrected chi connectivity index (χ1v) is 10.7. The normalized spacial score (nSPS) is 17.5. The summed E-state index contributed by atoms with van der Waals surface area (Å²) in [5.41, 5.74) is 1.25. The molecule has 31 heavy (non-hydrogen) atoms. The Hall–Kier alpha value is -3.33. The molecular formula is C22H23N3O5S. The van der Waals surface area contributed by atoms with Crippen LogP contribution in [0.3, 0.4) is 0 Å². The van der Waals surface area contributed by atoms with Crippen molar-refractivity contribution < 1.29 is 24.2 Å². The Morgan fingerprint density at radius 2 is 1.84 bits per heavy atom. The molecule has 0 saturated carbocycles. The number of amidine groups is 1. The number of carbonyl (C=O) groups excluding carboxylic acids is 2. The van der Waals surface area contributed by atoms with E-state index < -0.39 is 11.2 Å². The van der Waals surface area contributed by atoms with Crippen molar-refractivity contribution in [3.05, 3.63) is 54.1 Å². The number of carboxylic acids is 1. The van der Waals surface area contributed by atoms with E-state index in [1.165, 1.54) is 36.0 Å². The molecule has 1 heterocycles. The molecular weight excluding hydrogens is 418 g/mol. The monoisotopic (exact) mass is 441 g/mol. The Morgan fingerprint density at radius 1 is 1.16 bits per heavy atom. The Balaban J connectivity index is 1.75. The van der Waals surface area contributed by atoms with Gasteiger partial charge >= 0.3 is 5.97 Å². The number of amides is 2. The van der Waals surface area contributed by atoms with Gasteiger partial charge in [-0.1, -0.05) is 11.8 Å². The van der Waals surface area contributed by atoms with Crippen LogP contribution in [0.4, 0.5) is 11.4 Å². The molecule has 2 aromatic rings. The third kappa shape index (κ3) is 5.64. The van der Waals surface area contributed by atoms with Crippen LogP contribution in [0.1, 0.15) is 30.6 Å². The van der Waals surface area contributed by atoms with Gasteiger partial charge in [0.1, 0.15) is 11.0 Å². The second-order valence-corrected chi connectivity index (χ2v) is 7.81. The van der Waals surface area contributed by atoms with E-state index in [4.69, 9.17) is 9.84 Å². The van der Waals surface area contributed by atoms with Crippen molar-refractivity contribution in [1.82, 2.24) is 4.90 Å². The molecule has 162 valence electrons. The first kappa shape index (κ1) is 22.4. The lowest BCUT2D eigenvalue weighted by Crippen LogP contribution is -2.45. The lowest BCUT2D eigenvalue weighted by molar-refractivity contribution is -0.129. The van der Waals surface area contributed by atoms with Crippen LogP contribution in [0.5, 0.6) is 5.75 Å². The third-order valence-electron chi connectivity index (χ3n) is 4.52. The fourth-order valence-corrected chi connectivity index (χ4v) is 4.13. The van der Waals surface area contributed by atoms with Crippen LogP contribution in [0.25, 0.3) is 0 Å². The fraction of sp³-hybridized carbons (Fsp3) is 0.273. The van der Waals surface area contributed by atoms with Crippen LogP contribution < -0.4 is 10.1 Å². The Morgan fingerprint density at radius 3 is 2.42 bits per heavy atom. The second kappa shape index (κ2) is 10.1. The van der Waals surface area contributed by atoms with Crippen LogP contribution >= 0.6 is 11.8 Å². The summed E-state index contributed by atoms with van der Waals surface area (Å²) in [6.45, 7) is 4.78. The number of rotatable bonds is 7. The number of nitrogens with zero attached hydrogens (tertiary/aromatic N) is 2. The number of aromatic carboxylic acids is 1. The van der Waals surface area contributed by atoms with E-state index in [1.807, 2.05) is 13.8 Å². The van der Waals surface area contributed by atoms with Gasteiger partial charge in [-0.2, -0.15) is 0 Å².